The normalized spacial score (nSPS) is 0. The molecule has 0 aliphatic carbocycles. The van der Waals surface area contributed by atoms with Crippen LogP contribution in [0.25, 0.3) is 0 Å². The van der Waals surface area contributed by atoms with E-state index in [1.54, 1.807) is 0 Å². The van der Waals surface area contributed by atoms with E-state index in [-0.39, 0.29) is 74.0 Å². The van der Waals surface area contributed by atoms with Crippen LogP contribution in [-0.2, 0) is 74.0 Å². The van der Waals surface area contributed by atoms with Crippen LogP contribution in [0.3, 0.4) is 0 Å². The number of hydrogen-bond acceptors (Lipinski definition) is 0. The summed E-state index contributed by atoms with van der Waals surface area (Å²) in [6.07, 6.45) is 0. The summed E-state index contributed by atoms with van der Waals surface area (Å²) < 4.78 is 0. The summed E-state index contributed by atoms with van der Waals surface area (Å²) in [6.45, 7) is 0. The molecule has 0 aliphatic heterocycles. The summed E-state index contributed by atoms with van der Waals surface area (Å²) in [6, 6.07) is 0. The molecule has 0 atom stereocenters. The second-order valence-electron chi connectivity index (χ2n) is 0. The monoisotopic (exact) mass is 220 g/mol. The summed E-state index contributed by atoms with van der Waals surface area (Å²) in [4.78, 5) is 0. The molecule has 0 saturated heterocycles. The van der Waals surface area contributed by atoms with Gasteiger partial charge in [0.2, 0.25) is 0 Å². The van der Waals surface area contributed by atoms with Crippen LogP contribution >= 0.6 is 0 Å². The maximum atomic E-state index is 0. The summed E-state index contributed by atoms with van der Waals surface area (Å²) >= 11 is 0. The molecule has 7 heteroatoms. The third-order valence-electron chi connectivity index (χ3n) is 0. The maximum Gasteiger partial charge on any atom is 3.00 e. The van der Waals surface area contributed by atoms with Gasteiger partial charge in [-0.15, -0.1) is 0 Å². The SMILES string of the molecule is [Cr+3].[Cr+3].[Cr+3].[O-2].[O-2].[O-2].[O-2]. The van der Waals surface area contributed by atoms with Gasteiger partial charge in [0.25, 0.3) is 0 Å². The predicted molar refractivity (Wildman–Crippen MR) is 2.75 cm³/mol. The van der Waals surface area contributed by atoms with Gasteiger partial charge in [-0.2, -0.15) is 0 Å². The van der Waals surface area contributed by atoms with E-state index in [2.05, 4.69) is 0 Å². The summed E-state index contributed by atoms with van der Waals surface area (Å²) in [5, 5.41) is 0. The Morgan fingerprint density at radius 2 is 0.286 bits per heavy atom. The second kappa shape index (κ2) is 149. The molecule has 0 aromatic heterocycles. The molecule has 0 fully saturated rings. The Morgan fingerprint density at radius 1 is 0.286 bits per heavy atom. The van der Waals surface area contributed by atoms with Gasteiger partial charge in [-0.1, -0.05) is 0 Å². The molecular weight excluding hydrogens is 220 g/mol. The Balaban J connectivity index is 0. The van der Waals surface area contributed by atoms with E-state index in [0.717, 1.165) is 0 Å². The molecule has 0 spiro atoms. The van der Waals surface area contributed by atoms with Crippen molar-refractivity contribution in [1.82, 2.24) is 0 Å². The first-order valence-electron chi connectivity index (χ1n) is 0. The van der Waals surface area contributed by atoms with Crippen LogP contribution in [0.4, 0.5) is 0 Å². The molecule has 0 rings (SSSR count). The van der Waals surface area contributed by atoms with Gasteiger partial charge in [-0.25, -0.2) is 0 Å². The van der Waals surface area contributed by atoms with Gasteiger partial charge < -0.3 is 21.9 Å². The first-order valence-corrected chi connectivity index (χ1v) is 0. The molecule has 0 aromatic rings. The van der Waals surface area contributed by atoms with Gasteiger partial charge in [0.05, 0.1) is 0 Å². The molecule has 3 radical (unpaired) electrons. The zero-order valence-electron chi connectivity index (χ0n) is 2.86. The fourth-order valence-corrected chi connectivity index (χ4v) is 0. The van der Waals surface area contributed by atoms with Crippen LogP contribution in [-0.4, -0.2) is 0 Å². The zero-order valence-corrected chi connectivity index (χ0v) is 6.68. The summed E-state index contributed by atoms with van der Waals surface area (Å²) in [5.41, 5.74) is 0. The fraction of sp³-hybridized carbons (Fsp3) is 0. The zero-order chi connectivity index (χ0) is 0. The molecule has 0 unspecified atom stereocenters. The van der Waals surface area contributed by atoms with Gasteiger partial charge in [0.1, 0.15) is 0 Å². The van der Waals surface area contributed by atoms with Crippen LogP contribution < -0.4 is 0 Å². The molecule has 41 valence electrons. The third-order valence-corrected chi connectivity index (χ3v) is 0. The van der Waals surface area contributed by atoms with E-state index in [1.807, 2.05) is 0 Å². The van der Waals surface area contributed by atoms with Crippen LogP contribution in [0.5, 0.6) is 0 Å². The Labute approximate surface area is 73.9 Å². The smallest absolute Gasteiger partial charge is 2.00 e. The molecule has 0 saturated carbocycles. The minimum absolute atomic E-state index is 0. The van der Waals surface area contributed by atoms with Crippen LogP contribution in [0, 0.1) is 0 Å². The van der Waals surface area contributed by atoms with Crippen molar-refractivity contribution in [3.63, 3.8) is 0 Å². The number of rotatable bonds is 0. The van der Waals surface area contributed by atoms with Crippen molar-refractivity contribution in [2.75, 3.05) is 0 Å². The van der Waals surface area contributed by atoms with E-state index in [0.29, 0.717) is 0 Å². The first-order chi connectivity index (χ1) is 0. The van der Waals surface area contributed by atoms with Crippen LogP contribution in [0.2, 0.25) is 0 Å². The molecule has 0 aromatic carbocycles. The maximum absolute atomic E-state index is 0. The third kappa shape index (κ3) is 106. The summed E-state index contributed by atoms with van der Waals surface area (Å²) in [5.74, 6) is 0. The van der Waals surface area contributed by atoms with Crippen molar-refractivity contribution in [2.24, 2.45) is 0 Å². The fourth-order valence-electron chi connectivity index (χ4n) is 0. The standard InChI is InChI=1S/3Cr.4O/q3*+3;4*-2. The van der Waals surface area contributed by atoms with Gasteiger partial charge in [0, 0.05) is 0 Å². The minimum atomic E-state index is 0. The molecular formula is Cr3O4+. The molecule has 0 heterocycles. The quantitative estimate of drug-likeness (QED) is 0.524. The van der Waals surface area contributed by atoms with E-state index < -0.39 is 0 Å². The molecule has 4 nitrogen and oxygen atoms in total. The predicted octanol–water partition coefficient (Wildman–Crippen LogP) is -0.483. The van der Waals surface area contributed by atoms with Crippen molar-refractivity contribution < 1.29 is 74.0 Å². The number of hydrogen-bond donors (Lipinski definition) is 0. The van der Waals surface area contributed by atoms with Gasteiger partial charge in [-0.05, 0) is 0 Å². The second-order valence-corrected chi connectivity index (χ2v) is 0. The van der Waals surface area contributed by atoms with E-state index in [4.69, 9.17) is 0 Å². The molecule has 0 aliphatic rings. The van der Waals surface area contributed by atoms with Crippen LogP contribution in [0.1, 0.15) is 0 Å². The molecule has 0 bridgehead atoms. The minimum Gasteiger partial charge on any atom is -2.00 e. The Hall–Kier alpha value is 1.44. The van der Waals surface area contributed by atoms with Gasteiger partial charge in [-0.3, -0.25) is 0 Å². The van der Waals surface area contributed by atoms with Crippen molar-refractivity contribution in [3.05, 3.63) is 0 Å². The van der Waals surface area contributed by atoms with Crippen LogP contribution in [0.15, 0.2) is 0 Å². The van der Waals surface area contributed by atoms with E-state index in [1.165, 1.54) is 0 Å². The topological polar surface area (TPSA) is 114 Å². The molecule has 0 N–H and O–H groups in total. The van der Waals surface area contributed by atoms with E-state index >= 15 is 0 Å². The average molecular weight is 220 g/mol. The largest absolute Gasteiger partial charge is 3.00 e. The van der Waals surface area contributed by atoms with Gasteiger partial charge in [0.15, 0.2) is 0 Å². The van der Waals surface area contributed by atoms with Crippen molar-refractivity contribution in [2.45, 2.75) is 0 Å². The van der Waals surface area contributed by atoms with Gasteiger partial charge >= 0.3 is 52.1 Å². The average Bonchev–Trinajstić information content (AvgIpc) is 0. The molecule has 0 amide bonds. The van der Waals surface area contributed by atoms with Crippen molar-refractivity contribution in [3.8, 4) is 0 Å². The molecule has 7 heavy (non-hydrogen) atoms. The Bertz CT molecular complexity index is 6.90. The first kappa shape index (κ1) is 226. The Morgan fingerprint density at radius 3 is 0.286 bits per heavy atom. The summed E-state index contributed by atoms with van der Waals surface area (Å²) in [7, 11) is 0. The van der Waals surface area contributed by atoms with Crippen molar-refractivity contribution in [1.29, 1.82) is 0 Å². The van der Waals surface area contributed by atoms with E-state index in [9.17, 15) is 0 Å². The van der Waals surface area contributed by atoms with Crippen molar-refractivity contribution >= 4 is 0 Å². The Kier molecular flexibility index (Phi) is 4810.